The number of sulfonamides is 1. The third-order valence-electron chi connectivity index (χ3n) is 3.55. The first kappa shape index (κ1) is 17.2. The van der Waals surface area contributed by atoms with Crippen LogP contribution in [0.1, 0.15) is 20.3 Å². The summed E-state index contributed by atoms with van der Waals surface area (Å²) in [5, 5.41) is 2.80. The van der Waals surface area contributed by atoms with Gasteiger partial charge in [0.1, 0.15) is 11.9 Å². The van der Waals surface area contributed by atoms with Crippen molar-refractivity contribution in [3.05, 3.63) is 30.1 Å². The smallest absolute Gasteiger partial charge is 0.244 e. The van der Waals surface area contributed by atoms with E-state index in [1.54, 1.807) is 0 Å². The van der Waals surface area contributed by atoms with Gasteiger partial charge in [-0.15, -0.1) is 11.8 Å². The summed E-state index contributed by atoms with van der Waals surface area (Å²) in [5.41, 5.74) is 0. The Morgan fingerprint density at radius 3 is 2.91 bits per heavy atom. The minimum absolute atomic E-state index is 0.0168. The number of hydrogen-bond acceptors (Lipinski definition) is 4. The highest BCUT2D eigenvalue weighted by Gasteiger charge is 2.40. The molecule has 1 saturated heterocycles. The monoisotopic (exact) mass is 346 g/mol. The number of thioether (sulfide) groups is 1. The van der Waals surface area contributed by atoms with Gasteiger partial charge in [-0.3, -0.25) is 4.79 Å². The van der Waals surface area contributed by atoms with Crippen molar-refractivity contribution in [1.29, 1.82) is 0 Å². The van der Waals surface area contributed by atoms with Crippen molar-refractivity contribution in [2.24, 2.45) is 0 Å². The second kappa shape index (κ2) is 6.97. The molecule has 2 atom stereocenters. The lowest BCUT2D eigenvalue weighted by molar-refractivity contribution is -0.124. The lowest BCUT2D eigenvalue weighted by Gasteiger charge is -2.24. The van der Waals surface area contributed by atoms with E-state index in [9.17, 15) is 17.6 Å². The van der Waals surface area contributed by atoms with Crippen LogP contribution in [0.2, 0.25) is 0 Å². The lowest BCUT2D eigenvalue weighted by atomic mass is 10.2. The summed E-state index contributed by atoms with van der Waals surface area (Å²) < 4.78 is 39.7. The molecule has 5 nitrogen and oxygen atoms in total. The summed E-state index contributed by atoms with van der Waals surface area (Å²) in [6.07, 6.45) is 0.766. The molecule has 8 heteroatoms. The normalized spacial score (nSPS) is 20.8. The number of carbonyl (C=O) groups is 1. The fourth-order valence-corrected chi connectivity index (χ4v) is 5.26. The van der Waals surface area contributed by atoms with Crippen molar-refractivity contribution >= 4 is 27.7 Å². The molecule has 0 spiro atoms. The summed E-state index contributed by atoms with van der Waals surface area (Å²) in [6, 6.07) is 4.07. The molecule has 0 bridgehead atoms. The second-order valence-corrected chi connectivity index (χ2v) is 8.07. The Balaban J connectivity index is 2.24. The topological polar surface area (TPSA) is 66.5 Å². The van der Waals surface area contributed by atoms with Gasteiger partial charge in [0.25, 0.3) is 0 Å². The third-order valence-corrected chi connectivity index (χ3v) is 6.57. The zero-order valence-electron chi connectivity index (χ0n) is 12.5. The maximum Gasteiger partial charge on any atom is 0.244 e. The number of nitrogens with one attached hydrogen (secondary N) is 1. The minimum atomic E-state index is -3.89. The fraction of sp³-hybridized carbons (Fsp3) is 0.500. The molecular weight excluding hydrogens is 327 g/mol. The Morgan fingerprint density at radius 1 is 1.55 bits per heavy atom. The Kier molecular flexibility index (Phi) is 5.46. The molecule has 0 saturated carbocycles. The van der Waals surface area contributed by atoms with Crippen LogP contribution in [-0.2, 0) is 14.8 Å². The molecule has 1 aliphatic rings. The van der Waals surface area contributed by atoms with Crippen molar-refractivity contribution < 1.29 is 17.6 Å². The molecule has 1 N–H and O–H groups in total. The first-order valence-corrected chi connectivity index (χ1v) is 9.61. The maximum atomic E-state index is 13.3. The molecule has 122 valence electrons. The SMILES string of the molecule is CCC(C)NC(=O)C1CSCN1S(=O)(=O)c1cccc(F)c1. The Labute approximate surface area is 134 Å². The minimum Gasteiger partial charge on any atom is -0.352 e. The van der Waals surface area contributed by atoms with E-state index in [1.807, 2.05) is 13.8 Å². The van der Waals surface area contributed by atoms with E-state index in [0.29, 0.717) is 5.75 Å². The predicted molar refractivity (Wildman–Crippen MR) is 84.4 cm³/mol. The van der Waals surface area contributed by atoms with Gasteiger partial charge in [0, 0.05) is 11.8 Å². The van der Waals surface area contributed by atoms with Crippen LogP contribution in [0.4, 0.5) is 4.39 Å². The first-order valence-electron chi connectivity index (χ1n) is 7.01. The molecule has 1 aromatic rings. The number of benzene rings is 1. The summed E-state index contributed by atoms with van der Waals surface area (Å²) >= 11 is 1.37. The number of hydrogen-bond donors (Lipinski definition) is 1. The van der Waals surface area contributed by atoms with E-state index in [4.69, 9.17) is 0 Å². The molecule has 2 rings (SSSR count). The van der Waals surface area contributed by atoms with Crippen LogP contribution in [0.3, 0.4) is 0 Å². The van der Waals surface area contributed by atoms with E-state index >= 15 is 0 Å². The molecule has 1 fully saturated rings. The molecule has 0 aliphatic carbocycles. The van der Waals surface area contributed by atoms with Crippen LogP contribution in [-0.4, -0.2) is 42.3 Å². The first-order chi connectivity index (χ1) is 10.4. The summed E-state index contributed by atoms with van der Waals surface area (Å²) in [7, 11) is -3.89. The van der Waals surface area contributed by atoms with Gasteiger partial charge in [-0.05, 0) is 31.5 Å². The van der Waals surface area contributed by atoms with Crippen molar-refractivity contribution in [3.8, 4) is 0 Å². The fourth-order valence-electron chi connectivity index (χ4n) is 2.07. The molecule has 0 aromatic heterocycles. The molecule has 0 radical (unpaired) electrons. The summed E-state index contributed by atoms with van der Waals surface area (Å²) in [6.45, 7) is 3.81. The average Bonchev–Trinajstić information content (AvgIpc) is 2.97. The van der Waals surface area contributed by atoms with Crippen molar-refractivity contribution in [1.82, 2.24) is 9.62 Å². The highest BCUT2D eigenvalue weighted by molar-refractivity contribution is 8.00. The third kappa shape index (κ3) is 3.61. The van der Waals surface area contributed by atoms with E-state index in [0.717, 1.165) is 16.8 Å². The van der Waals surface area contributed by atoms with Gasteiger partial charge < -0.3 is 5.32 Å². The van der Waals surface area contributed by atoms with E-state index < -0.39 is 21.9 Å². The van der Waals surface area contributed by atoms with Crippen molar-refractivity contribution in [2.45, 2.75) is 37.2 Å². The van der Waals surface area contributed by atoms with Crippen LogP contribution < -0.4 is 5.32 Å². The molecular formula is C14H19FN2O3S2. The van der Waals surface area contributed by atoms with Gasteiger partial charge in [0.05, 0.1) is 10.8 Å². The Hall–Kier alpha value is -1.12. The maximum absolute atomic E-state index is 13.3. The van der Waals surface area contributed by atoms with Gasteiger partial charge in [0.2, 0.25) is 15.9 Å². The Bertz CT molecular complexity index is 651. The Morgan fingerprint density at radius 2 is 2.27 bits per heavy atom. The van der Waals surface area contributed by atoms with Gasteiger partial charge >= 0.3 is 0 Å². The van der Waals surface area contributed by atoms with E-state index in [1.165, 1.54) is 30.0 Å². The average molecular weight is 346 g/mol. The molecule has 1 heterocycles. The second-order valence-electron chi connectivity index (χ2n) is 5.18. The van der Waals surface area contributed by atoms with Gasteiger partial charge in [0.15, 0.2) is 0 Å². The largest absolute Gasteiger partial charge is 0.352 e. The molecule has 22 heavy (non-hydrogen) atoms. The van der Waals surface area contributed by atoms with Crippen LogP contribution >= 0.6 is 11.8 Å². The van der Waals surface area contributed by atoms with E-state index in [2.05, 4.69) is 5.32 Å². The number of nitrogens with zero attached hydrogens (tertiary/aromatic N) is 1. The van der Waals surface area contributed by atoms with Crippen LogP contribution in [0.5, 0.6) is 0 Å². The zero-order valence-corrected chi connectivity index (χ0v) is 14.1. The molecule has 2 unspecified atom stereocenters. The summed E-state index contributed by atoms with van der Waals surface area (Å²) in [5.74, 6) is -0.332. The van der Waals surface area contributed by atoms with Crippen LogP contribution in [0.15, 0.2) is 29.2 Å². The van der Waals surface area contributed by atoms with Crippen LogP contribution in [0, 0.1) is 5.82 Å². The number of halogens is 1. The van der Waals surface area contributed by atoms with E-state index in [-0.39, 0.29) is 22.7 Å². The lowest BCUT2D eigenvalue weighted by Crippen LogP contribution is -2.49. The van der Waals surface area contributed by atoms with Crippen molar-refractivity contribution in [3.63, 3.8) is 0 Å². The van der Waals surface area contributed by atoms with Crippen LogP contribution in [0.25, 0.3) is 0 Å². The zero-order chi connectivity index (χ0) is 16.3. The van der Waals surface area contributed by atoms with Gasteiger partial charge in [-0.2, -0.15) is 4.31 Å². The molecule has 1 aromatic carbocycles. The quantitative estimate of drug-likeness (QED) is 0.883. The molecule has 1 aliphatic heterocycles. The van der Waals surface area contributed by atoms with Gasteiger partial charge in [-0.25, -0.2) is 12.8 Å². The number of carbonyl (C=O) groups excluding carboxylic acids is 1. The molecule has 1 amide bonds. The highest BCUT2D eigenvalue weighted by atomic mass is 32.2. The highest BCUT2D eigenvalue weighted by Crippen LogP contribution is 2.28. The van der Waals surface area contributed by atoms with Gasteiger partial charge in [-0.1, -0.05) is 13.0 Å². The number of rotatable bonds is 5. The van der Waals surface area contributed by atoms with Crippen molar-refractivity contribution in [2.75, 3.05) is 11.6 Å². The standard InChI is InChI=1S/C14H19FN2O3S2/c1-3-10(2)16-14(18)13-8-21-9-17(13)22(19,20)12-6-4-5-11(15)7-12/h4-7,10,13H,3,8-9H2,1-2H3,(H,16,18). The number of amides is 1. The predicted octanol–water partition coefficient (Wildman–Crippen LogP) is 1.80. The summed E-state index contributed by atoms with van der Waals surface area (Å²) in [4.78, 5) is 12.1.